The lowest BCUT2D eigenvalue weighted by Gasteiger charge is -2.12. The van der Waals surface area contributed by atoms with Crippen molar-refractivity contribution in [2.24, 2.45) is 0 Å². The van der Waals surface area contributed by atoms with Gasteiger partial charge in [0.2, 0.25) is 0 Å². The summed E-state index contributed by atoms with van der Waals surface area (Å²) in [6, 6.07) is 15.8. The first-order chi connectivity index (χ1) is 12.5. The highest BCUT2D eigenvalue weighted by molar-refractivity contribution is 7.85. The van der Waals surface area contributed by atoms with Gasteiger partial charge in [-0.1, -0.05) is 36.4 Å². The van der Waals surface area contributed by atoms with Crippen LogP contribution in [0, 0.1) is 0 Å². The Kier molecular flexibility index (Phi) is 7.85. The zero-order valence-electron chi connectivity index (χ0n) is 15.6. The number of carbonyl (C=O) groups is 1. The van der Waals surface area contributed by atoms with Gasteiger partial charge >= 0.3 is 0 Å². The van der Waals surface area contributed by atoms with E-state index in [1.54, 1.807) is 20.3 Å². The van der Waals surface area contributed by atoms with Crippen LogP contribution in [0.5, 0.6) is 11.5 Å². The van der Waals surface area contributed by atoms with E-state index in [1.165, 1.54) is 0 Å². The number of ketones is 1. The summed E-state index contributed by atoms with van der Waals surface area (Å²) < 4.78 is 22.7. The zero-order chi connectivity index (χ0) is 18.9. The Hall–Kier alpha value is -2.14. The third-order valence-electron chi connectivity index (χ3n) is 4.31. The van der Waals surface area contributed by atoms with Crippen molar-refractivity contribution in [3.05, 3.63) is 59.7 Å². The molecule has 2 atom stereocenters. The van der Waals surface area contributed by atoms with Gasteiger partial charge in [-0.05, 0) is 43.0 Å². The van der Waals surface area contributed by atoms with Crippen LogP contribution in [-0.2, 0) is 28.6 Å². The molecule has 0 bridgehead atoms. The molecule has 0 aliphatic carbocycles. The molecule has 26 heavy (non-hydrogen) atoms. The Labute approximate surface area is 158 Å². The van der Waals surface area contributed by atoms with Crippen LogP contribution in [0.3, 0.4) is 0 Å². The van der Waals surface area contributed by atoms with E-state index in [2.05, 4.69) is 0 Å². The Bertz CT molecular complexity index is 743. The molecular weight excluding hydrogens is 348 g/mol. The second-order valence-corrected chi connectivity index (χ2v) is 7.92. The molecule has 5 heteroatoms. The van der Waals surface area contributed by atoms with Crippen LogP contribution in [0.25, 0.3) is 0 Å². The van der Waals surface area contributed by atoms with Gasteiger partial charge in [-0.15, -0.1) is 0 Å². The van der Waals surface area contributed by atoms with Gasteiger partial charge in [0.1, 0.15) is 12.4 Å². The summed E-state index contributed by atoms with van der Waals surface area (Å²) in [4.78, 5) is 11.9. The third-order valence-corrected chi connectivity index (χ3v) is 5.56. The lowest BCUT2D eigenvalue weighted by molar-refractivity contribution is -0.118. The van der Waals surface area contributed by atoms with E-state index in [-0.39, 0.29) is 5.78 Å². The number of ether oxygens (including phenoxy) is 2. The van der Waals surface area contributed by atoms with Crippen molar-refractivity contribution in [3.8, 4) is 11.5 Å². The number of hydrogen-bond donors (Lipinski definition) is 0. The molecule has 0 aliphatic rings. The van der Waals surface area contributed by atoms with Gasteiger partial charge in [0.05, 0.1) is 12.4 Å². The van der Waals surface area contributed by atoms with Gasteiger partial charge in [-0.25, -0.2) is 0 Å². The molecule has 0 amide bonds. The van der Waals surface area contributed by atoms with Crippen molar-refractivity contribution in [1.82, 2.24) is 0 Å². The minimum absolute atomic E-state index is 0.0561. The van der Waals surface area contributed by atoms with Crippen LogP contribution in [0.2, 0.25) is 0 Å². The van der Waals surface area contributed by atoms with Crippen LogP contribution in [0.1, 0.15) is 30.9 Å². The van der Waals surface area contributed by atoms with Crippen molar-refractivity contribution >= 4 is 16.6 Å². The molecule has 4 nitrogen and oxygen atoms in total. The maximum Gasteiger partial charge on any atom is 0.161 e. The molecule has 0 saturated heterocycles. The molecular formula is C21H26O4S. The van der Waals surface area contributed by atoms with Crippen LogP contribution in [0.4, 0.5) is 0 Å². The molecule has 0 N–H and O–H groups in total. The molecule has 2 aromatic rings. The summed E-state index contributed by atoms with van der Waals surface area (Å²) in [6.45, 7) is 2.21. The zero-order valence-corrected chi connectivity index (χ0v) is 16.4. The normalized spacial score (nSPS) is 13.0. The number of hydrogen-bond acceptors (Lipinski definition) is 4. The number of carbonyl (C=O) groups excluding carboxylic acids is 1. The van der Waals surface area contributed by atoms with Crippen molar-refractivity contribution in [1.29, 1.82) is 0 Å². The molecule has 2 rings (SSSR count). The Balaban J connectivity index is 1.91. The molecule has 140 valence electrons. The molecule has 0 heterocycles. The van der Waals surface area contributed by atoms with Gasteiger partial charge in [-0.3, -0.25) is 9.00 Å². The average Bonchev–Trinajstić information content (AvgIpc) is 2.66. The highest BCUT2D eigenvalue weighted by Gasteiger charge is 2.16. The highest BCUT2D eigenvalue weighted by atomic mass is 32.2. The van der Waals surface area contributed by atoms with E-state index >= 15 is 0 Å². The largest absolute Gasteiger partial charge is 0.493 e. The Morgan fingerprint density at radius 1 is 1.08 bits per heavy atom. The molecule has 0 spiro atoms. The van der Waals surface area contributed by atoms with E-state index in [9.17, 15) is 9.00 Å². The Morgan fingerprint density at radius 2 is 1.81 bits per heavy atom. The van der Waals surface area contributed by atoms with Crippen molar-refractivity contribution in [3.63, 3.8) is 0 Å². The number of Topliss-reactive ketones (excluding diaryl/α,β-unsaturated/α-hetero) is 1. The van der Waals surface area contributed by atoms with Crippen molar-refractivity contribution < 1.29 is 18.5 Å². The maximum atomic E-state index is 11.9. The van der Waals surface area contributed by atoms with E-state index in [0.717, 1.165) is 24.0 Å². The van der Waals surface area contributed by atoms with E-state index in [0.29, 0.717) is 24.5 Å². The van der Waals surface area contributed by atoms with Gasteiger partial charge < -0.3 is 9.47 Å². The predicted octanol–water partition coefficient (Wildman–Crippen LogP) is 3.93. The van der Waals surface area contributed by atoms with Crippen LogP contribution in [-0.4, -0.2) is 28.6 Å². The summed E-state index contributed by atoms with van der Waals surface area (Å²) >= 11 is 0. The van der Waals surface area contributed by atoms with Gasteiger partial charge in [0.15, 0.2) is 11.5 Å². The predicted molar refractivity (Wildman–Crippen MR) is 105 cm³/mol. The monoisotopic (exact) mass is 374 g/mol. The second kappa shape index (κ2) is 10.1. The SMILES string of the molecule is COc1cc(CCCC(=O)C(C)S(C)=O)ccc1OCc1ccccc1. The molecule has 0 aromatic heterocycles. The first-order valence-corrected chi connectivity index (χ1v) is 10.3. The molecule has 0 radical (unpaired) electrons. The van der Waals surface area contributed by atoms with Crippen molar-refractivity contribution in [2.75, 3.05) is 13.4 Å². The standard InChI is InChI=1S/C21H26O4S/c1-16(26(3)23)19(22)11-7-10-17-12-13-20(21(14-17)24-2)25-15-18-8-5-4-6-9-18/h4-6,8-9,12-14,16H,7,10-11,15H2,1-3H3. The first kappa shape index (κ1) is 20.2. The number of rotatable bonds is 10. The minimum atomic E-state index is -1.10. The van der Waals surface area contributed by atoms with Gasteiger partial charge in [-0.2, -0.15) is 0 Å². The molecule has 0 fully saturated rings. The lowest BCUT2D eigenvalue weighted by Crippen LogP contribution is -2.21. The molecule has 0 aliphatic heterocycles. The molecule has 0 saturated carbocycles. The number of benzene rings is 2. The fraction of sp³-hybridized carbons (Fsp3) is 0.381. The smallest absolute Gasteiger partial charge is 0.161 e. The minimum Gasteiger partial charge on any atom is -0.493 e. The van der Waals surface area contributed by atoms with Crippen LogP contribution >= 0.6 is 0 Å². The second-order valence-electron chi connectivity index (χ2n) is 6.22. The lowest BCUT2D eigenvalue weighted by atomic mass is 10.0. The summed E-state index contributed by atoms with van der Waals surface area (Å²) in [5, 5.41) is -0.390. The van der Waals surface area contributed by atoms with Crippen LogP contribution < -0.4 is 9.47 Å². The third kappa shape index (κ3) is 5.99. The summed E-state index contributed by atoms with van der Waals surface area (Å²) in [5.74, 6) is 1.44. The number of aryl methyl sites for hydroxylation is 1. The fourth-order valence-corrected chi connectivity index (χ4v) is 3.07. The summed E-state index contributed by atoms with van der Waals surface area (Å²) in [6.07, 6.45) is 3.51. The van der Waals surface area contributed by atoms with E-state index in [4.69, 9.17) is 9.47 Å². The van der Waals surface area contributed by atoms with E-state index in [1.807, 2.05) is 48.5 Å². The fourth-order valence-electron chi connectivity index (χ4n) is 2.58. The summed E-state index contributed by atoms with van der Waals surface area (Å²) in [5.41, 5.74) is 2.19. The first-order valence-electron chi connectivity index (χ1n) is 8.70. The van der Waals surface area contributed by atoms with Gasteiger partial charge in [0.25, 0.3) is 0 Å². The Morgan fingerprint density at radius 3 is 2.46 bits per heavy atom. The number of methoxy groups -OCH3 is 1. The van der Waals surface area contributed by atoms with Gasteiger partial charge in [0, 0.05) is 23.5 Å². The average molecular weight is 375 g/mol. The molecule has 2 unspecified atom stereocenters. The quantitative estimate of drug-likeness (QED) is 0.632. The topological polar surface area (TPSA) is 52.6 Å². The highest BCUT2D eigenvalue weighted by Crippen LogP contribution is 2.29. The van der Waals surface area contributed by atoms with E-state index < -0.39 is 16.0 Å². The van der Waals surface area contributed by atoms with Crippen molar-refractivity contribution in [2.45, 2.75) is 38.0 Å². The van der Waals surface area contributed by atoms with Crippen LogP contribution in [0.15, 0.2) is 48.5 Å². The molecule has 2 aromatic carbocycles. The maximum absolute atomic E-state index is 11.9. The summed E-state index contributed by atoms with van der Waals surface area (Å²) in [7, 11) is 0.520.